The first-order valence-electron chi connectivity index (χ1n) is 6.38. The highest BCUT2D eigenvalue weighted by molar-refractivity contribution is 9.10. The van der Waals surface area contributed by atoms with Crippen LogP contribution in [0.25, 0.3) is 10.3 Å². The number of ether oxygens (including phenoxy) is 1. The van der Waals surface area contributed by atoms with E-state index in [9.17, 15) is 0 Å². The lowest BCUT2D eigenvalue weighted by Crippen LogP contribution is -2.07. The minimum absolute atomic E-state index is 0.780. The number of benzene rings is 1. The van der Waals surface area contributed by atoms with Crippen LogP contribution in [0.15, 0.2) is 34.5 Å². The zero-order valence-corrected chi connectivity index (χ0v) is 13.7. The van der Waals surface area contributed by atoms with E-state index in [4.69, 9.17) is 4.74 Å². The van der Waals surface area contributed by atoms with Gasteiger partial charge in [0.1, 0.15) is 22.4 Å². The maximum atomic E-state index is 5.23. The van der Waals surface area contributed by atoms with E-state index in [-0.39, 0.29) is 0 Å². The summed E-state index contributed by atoms with van der Waals surface area (Å²) in [4.78, 5) is 13.6. The molecule has 0 spiro atoms. The molecule has 0 unspecified atom stereocenters. The highest BCUT2D eigenvalue weighted by Crippen LogP contribution is 2.26. The smallest absolute Gasteiger partial charge is 0.156 e. The summed E-state index contributed by atoms with van der Waals surface area (Å²) in [6.45, 7) is 0.780. The van der Waals surface area contributed by atoms with E-state index < -0.39 is 0 Å². The van der Waals surface area contributed by atoms with Gasteiger partial charge in [-0.25, -0.2) is 15.0 Å². The molecule has 0 atom stereocenters. The quantitative estimate of drug-likeness (QED) is 0.750. The van der Waals surface area contributed by atoms with Gasteiger partial charge >= 0.3 is 0 Å². The fourth-order valence-electron chi connectivity index (χ4n) is 2.01. The molecule has 0 aliphatic rings. The number of anilines is 1. The van der Waals surface area contributed by atoms with Crippen LogP contribution in [0.2, 0.25) is 0 Å². The van der Waals surface area contributed by atoms with Gasteiger partial charge in [-0.2, -0.15) is 0 Å². The maximum Gasteiger partial charge on any atom is 0.156 e. The molecule has 5 nitrogen and oxygen atoms in total. The van der Waals surface area contributed by atoms with Crippen LogP contribution in [-0.2, 0) is 6.42 Å². The van der Waals surface area contributed by atoms with Gasteiger partial charge in [0.2, 0.25) is 0 Å². The summed E-state index contributed by atoms with van der Waals surface area (Å²) in [5.41, 5.74) is 3.84. The fourth-order valence-corrected chi connectivity index (χ4v) is 3.23. The van der Waals surface area contributed by atoms with Crippen molar-refractivity contribution in [2.75, 3.05) is 19.0 Å². The standard InChI is InChI=1S/C14H13BrN4OS/c1-20-11-3-2-9(6-10(11)15)4-5-16-13-12-14(18-7-17-13)21-8-19-12/h2-3,6-8H,4-5H2,1H3,(H,16,17,18). The molecule has 0 amide bonds. The van der Waals surface area contributed by atoms with Gasteiger partial charge in [0, 0.05) is 6.54 Å². The molecule has 108 valence electrons. The van der Waals surface area contributed by atoms with Crippen LogP contribution in [0, 0.1) is 0 Å². The number of methoxy groups -OCH3 is 1. The molecule has 2 aromatic heterocycles. The molecule has 21 heavy (non-hydrogen) atoms. The van der Waals surface area contributed by atoms with Crippen molar-refractivity contribution in [3.8, 4) is 5.75 Å². The Morgan fingerprint density at radius 1 is 1.29 bits per heavy atom. The van der Waals surface area contributed by atoms with Gasteiger partial charge in [0.15, 0.2) is 5.82 Å². The largest absolute Gasteiger partial charge is 0.496 e. The van der Waals surface area contributed by atoms with E-state index in [2.05, 4.69) is 48.3 Å². The van der Waals surface area contributed by atoms with Gasteiger partial charge in [-0.3, -0.25) is 0 Å². The summed E-state index contributed by atoms with van der Waals surface area (Å²) in [6, 6.07) is 6.09. The molecule has 0 saturated carbocycles. The van der Waals surface area contributed by atoms with Crippen LogP contribution in [0.3, 0.4) is 0 Å². The third kappa shape index (κ3) is 3.14. The van der Waals surface area contributed by atoms with Crippen molar-refractivity contribution in [2.24, 2.45) is 0 Å². The number of fused-ring (bicyclic) bond motifs is 1. The second-order valence-corrected chi connectivity index (χ2v) is 6.06. The molecule has 1 N–H and O–H groups in total. The average Bonchev–Trinajstić information content (AvgIpc) is 2.97. The molecular formula is C14H13BrN4OS. The first kappa shape index (κ1) is 14.2. The number of thiazole rings is 1. The van der Waals surface area contributed by atoms with E-state index in [1.165, 1.54) is 16.9 Å². The molecule has 7 heteroatoms. The van der Waals surface area contributed by atoms with Gasteiger partial charge in [-0.15, -0.1) is 11.3 Å². The lowest BCUT2D eigenvalue weighted by molar-refractivity contribution is 0.412. The Balaban J connectivity index is 1.66. The molecule has 0 saturated heterocycles. The van der Waals surface area contributed by atoms with E-state index in [0.717, 1.165) is 39.4 Å². The maximum absolute atomic E-state index is 5.23. The van der Waals surface area contributed by atoms with Crippen LogP contribution in [0.1, 0.15) is 5.56 Å². The van der Waals surface area contributed by atoms with E-state index in [0.29, 0.717) is 0 Å². The minimum Gasteiger partial charge on any atom is -0.496 e. The Kier molecular flexibility index (Phi) is 4.31. The predicted octanol–water partition coefficient (Wildman–Crippen LogP) is 3.51. The normalized spacial score (nSPS) is 10.8. The summed E-state index contributed by atoms with van der Waals surface area (Å²) >= 11 is 5.01. The first-order valence-corrected chi connectivity index (χ1v) is 8.05. The highest BCUT2D eigenvalue weighted by atomic mass is 79.9. The summed E-state index contributed by atoms with van der Waals surface area (Å²) in [5.74, 6) is 1.63. The molecular weight excluding hydrogens is 352 g/mol. The highest BCUT2D eigenvalue weighted by Gasteiger charge is 2.06. The number of hydrogen-bond donors (Lipinski definition) is 1. The van der Waals surface area contributed by atoms with Gasteiger partial charge in [-0.1, -0.05) is 6.07 Å². The van der Waals surface area contributed by atoms with Crippen molar-refractivity contribution >= 4 is 43.4 Å². The number of halogens is 1. The molecule has 0 bridgehead atoms. The molecule has 0 aliphatic heterocycles. The molecule has 3 aromatic rings. The van der Waals surface area contributed by atoms with Crippen molar-refractivity contribution < 1.29 is 4.74 Å². The van der Waals surface area contributed by atoms with E-state index in [1.807, 2.05) is 6.07 Å². The number of nitrogens with zero attached hydrogens (tertiary/aromatic N) is 3. The van der Waals surface area contributed by atoms with Gasteiger partial charge in [0.05, 0.1) is 17.1 Å². The lowest BCUT2D eigenvalue weighted by Gasteiger charge is -2.08. The SMILES string of the molecule is COc1ccc(CCNc2ncnc3scnc23)cc1Br. The number of nitrogens with one attached hydrogen (secondary N) is 1. The summed E-state index contributed by atoms with van der Waals surface area (Å²) in [7, 11) is 1.66. The number of rotatable bonds is 5. The molecule has 3 rings (SSSR count). The summed E-state index contributed by atoms with van der Waals surface area (Å²) in [5, 5.41) is 3.32. The van der Waals surface area contributed by atoms with E-state index >= 15 is 0 Å². The third-order valence-corrected chi connectivity index (χ3v) is 4.41. The predicted molar refractivity (Wildman–Crippen MR) is 88.1 cm³/mol. The topological polar surface area (TPSA) is 59.9 Å². The Hall–Kier alpha value is -1.73. The van der Waals surface area contributed by atoms with Gasteiger partial charge in [0.25, 0.3) is 0 Å². The second kappa shape index (κ2) is 6.36. The Morgan fingerprint density at radius 2 is 2.19 bits per heavy atom. The zero-order chi connectivity index (χ0) is 14.7. The first-order chi connectivity index (χ1) is 10.3. The number of hydrogen-bond acceptors (Lipinski definition) is 6. The third-order valence-electron chi connectivity index (χ3n) is 3.06. The van der Waals surface area contributed by atoms with Crippen molar-refractivity contribution in [1.29, 1.82) is 0 Å². The summed E-state index contributed by atoms with van der Waals surface area (Å²) in [6.07, 6.45) is 2.45. The van der Waals surface area contributed by atoms with Crippen LogP contribution >= 0.6 is 27.3 Å². The monoisotopic (exact) mass is 364 g/mol. The van der Waals surface area contributed by atoms with Crippen molar-refractivity contribution in [3.63, 3.8) is 0 Å². The molecule has 0 fully saturated rings. The van der Waals surface area contributed by atoms with Gasteiger partial charge in [-0.05, 0) is 40.0 Å². The second-order valence-electron chi connectivity index (χ2n) is 4.37. The van der Waals surface area contributed by atoms with Crippen LogP contribution in [0.5, 0.6) is 5.75 Å². The Bertz CT molecular complexity index is 762. The van der Waals surface area contributed by atoms with E-state index in [1.54, 1.807) is 18.9 Å². The van der Waals surface area contributed by atoms with Crippen molar-refractivity contribution in [2.45, 2.75) is 6.42 Å². The molecule has 1 aromatic carbocycles. The Morgan fingerprint density at radius 3 is 3.00 bits per heavy atom. The van der Waals surface area contributed by atoms with Crippen LogP contribution in [0.4, 0.5) is 5.82 Å². The van der Waals surface area contributed by atoms with Crippen molar-refractivity contribution in [3.05, 3.63) is 40.1 Å². The Labute approximate surface area is 134 Å². The average molecular weight is 365 g/mol. The summed E-state index contributed by atoms with van der Waals surface area (Å²) < 4.78 is 6.19. The molecule has 0 aliphatic carbocycles. The molecule has 2 heterocycles. The minimum atomic E-state index is 0.780. The van der Waals surface area contributed by atoms with Crippen LogP contribution in [-0.4, -0.2) is 28.6 Å². The fraction of sp³-hybridized carbons (Fsp3) is 0.214. The molecule has 0 radical (unpaired) electrons. The lowest BCUT2D eigenvalue weighted by atomic mass is 10.1. The van der Waals surface area contributed by atoms with Crippen molar-refractivity contribution in [1.82, 2.24) is 15.0 Å². The van der Waals surface area contributed by atoms with Crippen LogP contribution < -0.4 is 10.1 Å². The van der Waals surface area contributed by atoms with Gasteiger partial charge < -0.3 is 10.1 Å². The number of aromatic nitrogens is 3. The zero-order valence-electron chi connectivity index (χ0n) is 11.3.